The van der Waals surface area contributed by atoms with Gasteiger partial charge >= 0.3 is 0 Å². The van der Waals surface area contributed by atoms with Crippen LogP contribution in [0, 0.1) is 6.92 Å². The molecule has 5 heteroatoms. The Morgan fingerprint density at radius 2 is 1.53 bits per heavy atom. The number of nitrogens with zero attached hydrogens (tertiary/aromatic N) is 1. The van der Waals surface area contributed by atoms with Gasteiger partial charge in [0.05, 0.1) is 17.7 Å². The normalized spacial score (nSPS) is 17.8. The molecule has 162 valence electrons. The summed E-state index contributed by atoms with van der Waals surface area (Å²) in [6, 6.07) is 22.8. The standard InChI is InChI=1S/C27H25NO4/c1-17(2)32-21-15-13-20(14-16-21)25(29)23-24(19-10-5-4-6-11-19)28(27(31)26(23)30)22-12-8-7-9-18(22)3/h4-17,24,29H,1-3H3/b25-23+. The molecule has 3 aromatic carbocycles. The molecule has 1 unspecified atom stereocenters. The zero-order valence-corrected chi connectivity index (χ0v) is 18.3. The second kappa shape index (κ2) is 8.71. The van der Waals surface area contributed by atoms with Gasteiger partial charge in [-0.1, -0.05) is 48.5 Å². The van der Waals surface area contributed by atoms with Crippen LogP contribution in [-0.2, 0) is 9.59 Å². The lowest BCUT2D eigenvalue weighted by atomic mass is 9.95. The van der Waals surface area contributed by atoms with Crippen LogP contribution in [0.3, 0.4) is 0 Å². The number of rotatable bonds is 5. The predicted molar refractivity (Wildman–Crippen MR) is 125 cm³/mol. The van der Waals surface area contributed by atoms with E-state index in [2.05, 4.69) is 0 Å². The SMILES string of the molecule is Cc1ccccc1N1C(=O)C(=O)/C(=C(/O)c2ccc(OC(C)C)cc2)C1c1ccccc1. The second-order valence-corrected chi connectivity index (χ2v) is 8.06. The first-order valence-electron chi connectivity index (χ1n) is 10.6. The number of benzene rings is 3. The van der Waals surface area contributed by atoms with Crippen molar-refractivity contribution in [3.8, 4) is 5.75 Å². The first-order chi connectivity index (χ1) is 15.4. The molecule has 0 aromatic heterocycles. The van der Waals surface area contributed by atoms with E-state index in [4.69, 9.17) is 4.74 Å². The Hall–Kier alpha value is -3.86. The number of para-hydroxylation sites is 1. The van der Waals surface area contributed by atoms with Crippen LogP contribution in [0.25, 0.3) is 5.76 Å². The van der Waals surface area contributed by atoms with E-state index >= 15 is 0 Å². The van der Waals surface area contributed by atoms with Crippen molar-refractivity contribution >= 4 is 23.1 Å². The van der Waals surface area contributed by atoms with Crippen LogP contribution in [0.1, 0.15) is 36.6 Å². The lowest BCUT2D eigenvalue weighted by molar-refractivity contribution is -0.132. The minimum atomic E-state index is -0.733. The third-order valence-corrected chi connectivity index (χ3v) is 5.43. The topological polar surface area (TPSA) is 66.8 Å². The van der Waals surface area contributed by atoms with Gasteiger partial charge in [-0.25, -0.2) is 0 Å². The summed E-state index contributed by atoms with van der Waals surface area (Å²) < 4.78 is 5.66. The number of aryl methyl sites for hydroxylation is 1. The Kier molecular flexibility index (Phi) is 5.82. The van der Waals surface area contributed by atoms with Crippen molar-refractivity contribution in [2.45, 2.75) is 32.9 Å². The summed E-state index contributed by atoms with van der Waals surface area (Å²) in [5.41, 5.74) is 2.77. The number of hydrogen-bond donors (Lipinski definition) is 1. The minimum absolute atomic E-state index is 0.0203. The first-order valence-corrected chi connectivity index (χ1v) is 10.6. The molecule has 1 amide bonds. The molecule has 1 heterocycles. The van der Waals surface area contributed by atoms with E-state index < -0.39 is 17.7 Å². The Balaban J connectivity index is 1.87. The maximum atomic E-state index is 13.2. The van der Waals surface area contributed by atoms with Crippen LogP contribution in [-0.4, -0.2) is 22.9 Å². The molecule has 5 nitrogen and oxygen atoms in total. The molecule has 1 fully saturated rings. The third kappa shape index (κ3) is 3.89. The number of carbonyl (C=O) groups is 2. The number of aliphatic hydroxyl groups excluding tert-OH is 1. The Morgan fingerprint density at radius 1 is 0.906 bits per heavy atom. The highest BCUT2D eigenvalue weighted by Crippen LogP contribution is 2.43. The number of Topliss-reactive ketones (excluding diaryl/α,β-unsaturated/α-hetero) is 1. The first kappa shape index (κ1) is 21.4. The summed E-state index contributed by atoms with van der Waals surface area (Å²) in [6.07, 6.45) is 0.0203. The molecule has 1 aliphatic heterocycles. The van der Waals surface area contributed by atoms with E-state index in [1.807, 2.05) is 75.4 Å². The average Bonchev–Trinajstić information content (AvgIpc) is 3.05. The van der Waals surface area contributed by atoms with Crippen LogP contribution in [0.2, 0.25) is 0 Å². The monoisotopic (exact) mass is 427 g/mol. The van der Waals surface area contributed by atoms with Crippen molar-refractivity contribution in [3.63, 3.8) is 0 Å². The molecule has 1 N–H and O–H groups in total. The number of anilines is 1. The van der Waals surface area contributed by atoms with Crippen molar-refractivity contribution in [1.82, 2.24) is 0 Å². The molecule has 0 bridgehead atoms. The molecule has 4 rings (SSSR count). The van der Waals surface area contributed by atoms with Gasteiger partial charge in [-0.15, -0.1) is 0 Å². The molecule has 1 saturated heterocycles. The molecule has 3 aromatic rings. The van der Waals surface area contributed by atoms with Crippen LogP contribution in [0.5, 0.6) is 5.75 Å². The number of ether oxygens (including phenoxy) is 1. The quantitative estimate of drug-likeness (QED) is 0.336. The van der Waals surface area contributed by atoms with Gasteiger partial charge in [0, 0.05) is 11.3 Å². The summed E-state index contributed by atoms with van der Waals surface area (Å²) in [5.74, 6) is -0.905. The highest BCUT2D eigenvalue weighted by atomic mass is 16.5. The van der Waals surface area contributed by atoms with Gasteiger partial charge in [-0.2, -0.15) is 0 Å². The van der Waals surface area contributed by atoms with Gasteiger partial charge < -0.3 is 9.84 Å². The van der Waals surface area contributed by atoms with Crippen molar-refractivity contribution in [2.75, 3.05) is 4.90 Å². The van der Waals surface area contributed by atoms with Crippen LogP contribution >= 0.6 is 0 Å². The number of amides is 1. The van der Waals surface area contributed by atoms with Gasteiger partial charge in [-0.3, -0.25) is 14.5 Å². The van der Waals surface area contributed by atoms with E-state index in [0.717, 1.165) is 11.1 Å². The van der Waals surface area contributed by atoms with E-state index in [1.54, 1.807) is 24.3 Å². The fourth-order valence-electron chi connectivity index (χ4n) is 3.98. The Labute approximate surface area is 187 Å². The minimum Gasteiger partial charge on any atom is -0.507 e. The van der Waals surface area contributed by atoms with Gasteiger partial charge in [0.25, 0.3) is 11.7 Å². The van der Waals surface area contributed by atoms with Gasteiger partial charge in [0.1, 0.15) is 11.5 Å². The molecule has 0 saturated carbocycles. The summed E-state index contributed by atoms with van der Waals surface area (Å²) in [7, 11) is 0. The van der Waals surface area contributed by atoms with E-state index in [-0.39, 0.29) is 17.4 Å². The van der Waals surface area contributed by atoms with E-state index in [9.17, 15) is 14.7 Å². The molecule has 1 atom stereocenters. The van der Waals surface area contributed by atoms with Gasteiger partial charge in [0.2, 0.25) is 0 Å². The summed E-state index contributed by atoms with van der Waals surface area (Å²) in [6.45, 7) is 5.76. The van der Waals surface area contributed by atoms with Gasteiger partial charge in [-0.05, 0) is 62.2 Å². The van der Waals surface area contributed by atoms with Crippen molar-refractivity contribution in [3.05, 3.63) is 101 Å². The van der Waals surface area contributed by atoms with Crippen LogP contribution < -0.4 is 9.64 Å². The summed E-state index contributed by atoms with van der Waals surface area (Å²) in [5, 5.41) is 11.2. The average molecular weight is 428 g/mol. The largest absolute Gasteiger partial charge is 0.507 e. The predicted octanol–water partition coefficient (Wildman–Crippen LogP) is 5.41. The summed E-state index contributed by atoms with van der Waals surface area (Å²) in [4.78, 5) is 27.8. The lowest BCUT2D eigenvalue weighted by Gasteiger charge is -2.26. The second-order valence-electron chi connectivity index (χ2n) is 8.06. The van der Waals surface area contributed by atoms with Crippen molar-refractivity contribution in [1.29, 1.82) is 0 Å². The lowest BCUT2D eigenvalue weighted by Crippen LogP contribution is -2.30. The molecule has 0 spiro atoms. The van der Waals surface area contributed by atoms with Crippen LogP contribution in [0.4, 0.5) is 5.69 Å². The molecule has 32 heavy (non-hydrogen) atoms. The highest BCUT2D eigenvalue weighted by molar-refractivity contribution is 6.51. The Bertz CT molecular complexity index is 1180. The number of aliphatic hydroxyl groups is 1. The maximum Gasteiger partial charge on any atom is 0.300 e. The van der Waals surface area contributed by atoms with Gasteiger partial charge in [0.15, 0.2) is 0 Å². The fraction of sp³-hybridized carbons (Fsp3) is 0.185. The third-order valence-electron chi connectivity index (χ3n) is 5.43. The maximum absolute atomic E-state index is 13.2. The highest BCUT2D eigenvalue weighted by Gasteiger charge is 2.47. The van der Waals surface area contributed by atoms with E-state index in [1.165, 1.54) is 4.90 Å². The van der Waals surface area contributed by atoms with Crippen molar-refractivity contribution < 1.29 is 19.4 Å². The zero-order valence-electron chi connectivity index (χ0n) is 18.3. The molecule has 0 radical (unpaired) electrons. The smallest absolute Gasteiger partial charge is 0.300 e. The molecular formula is C27H25NO4. The van der Waals surface area contributed by atoms with Crippen LogP contribution in [0.15, 0.2) is 84.4 Å². The zero-order chi connectivity index (χ0) is 22.8. The number of ketones is 1. The number of hydrogen-bond acceptors (Lipinski definition) is 4. The van der Waals surface area contributed by atoms with Crippen molar-refractivity contribution in [2.24, 2.45) is 0 Å². The molecular weight excluding hydrogens is 402 g/mol. The number of carbonyl (C=O) groups excluding carboxylic acids is 2. The fourth-order valence-corrected chi connectivity index (χ4v) is 3.98. The molecule has 1 aliphatic rings. The summed E-state index contributed by atoms with van der Waals surface area (Å²) >= 11 is 0. The van der Waals surface area contributed by atoms with E-state index in [0.29, 0.717) is 17.0 Å². The molecule has 0 aliphatic carbocycles. The Morgan fingerprint density at radius 3 is 2.16 bits per heavy atom.